The molecule has 2 N–H and O–H groups in total. The zero-order chi connectivity index (χ0) is 30.2. The van der Waals surface area contributed by atoms with E-state index in [9.17, 15) is 14.4 Å². The first-order chi connectivity index (χ1) is 21.4. The lowest BCUT2D eigenvalue weighted by Crippen LogP contribution is -2.18. The largest absolute Gasteiger partial charge is 0.453 e. The minimum Gasteiger partial charge on any atom is -0.453 e. The van der Waals surface area contributed by atoms with Crippen LogP contribution in [0.25, 0.3) is 32.4 Å². The van der Waals surface area contributed by atoms with Crippen molar-refractivity contribution in [2.24, 2.45) is 0 Å². The van der Waals surface area contributed by atoms with Crippen molar-refractivity contribution in [3.8, 4) is 10.4 Å². The van der Waals surface area contributed by atoms with Crippen LogP contribution in [-0.4, -0.2) is 21.8 Å². The Kier molecular flexibility index (Phi) is 7.38. The van der Waals surface area contributed by atoms with Gasteiger partial charge in [0.1, 0.15) is 11.2 Å². The number of carbonyl (C=O) groups is 2. The highest BCUT2D eigenvalue weighted by Gasteiger charge is 2.16. The summed E-state index contributed by atoms with van der Waals surface area (Å²) in [7, 11) is 0. The van der Waals surface area contributed by atoms with E-state index in [-0.39, 0.29) is 5.78 Å². The Balaban J connectivity index is 1.10. The van der Waals surface area contributed by atoms with Gasteiger partial charge in [-0.15, -0.1) is 0 Å². The first-order valence-electron chi connectivity index (χ1n) is 13.2. The fourth-order valence-corrected chi connectivity index (χ4v) is 6.65. The van der Waals surface area contributed by atoms with Gasteiger partial charge in [-0.3, -0.25) is 15.4 Å². The average molecular weight is 684 g/mol. The molecule has 9 nitrogen and oxygen atoms in total. The van der Waals surface area contributed by atoms with Crippen molar-refractivity contribution in [1.82, 2.24) is 9.97 Å². The summed E-state index contributed by atoms with van der Waals surface area (Å²) < 4.78 is 12.2. The SMILES string of the molecule is O=C(Nc1ncc(Br)s1)Nc1ncc(-c2cc3cc(Cc4ccc5oc(C(=O)c6ccccc6)cc5c4)ccc3oc2=O)s1. The van der Waals surface area contributed by atoms with Crippen molar-refractivity contribution >= 4 is 82.6 Å². The van der Waals surface area contributed by atoms with E-state index >= 15 is 0 Å². The monoisotopic (exact) mass is 682 g/mol. The zero-order valence-corrected chi connectivity index (χ0v) is 25.7. The Bertz CT molecular complexity index is 2250. The van der Waals surface area contributed by atoms with Crippen molar-refractivity contribution in [2.45, 2.75) is 6.42 Å². The number of rotatable bonds is 7. The molecule has 0 bridgehead atoms. The van der Waals surface area contributed by atoms with Crippen LogP contribution in [0.15, 0.2) is 109 Å². The Labute approximate surface area is 265 Å². The summed E-state index contributed by atoms with van der Waals surface area (Å²) in [5, 5.41) is 7.66. The minimum absolute atomic E-state index is 0.161. The van der Waals surface area contributed by atoms with E-state index in [0.29, 0.717) is 49.6 Å². The van der Waals surface area contributed by atoms with Crippen molar-refractivity contribution in [1.29, 1.82) is 0 Å². The van der Waals surface area contributed by atoms with Gasteiger partial charge in [-0.25, -0.2) is 19.6 Å². The number of aromatic nitrogens is 2. The number of hydrogen-bond acceptors (Lipinski definition) is 9. The smallest absolute Gasteiger partial charge is 0.345 e. The van der Waals surface area contributed by atoms with Gasteiger partial charge >= 0.3 is 11.7 Å². The van der Waals surface area contributed by atoms with E-state index in [1.54, 1.807) is 36.5 Å². The Hall–Kier alpha value is -4.91. The Morgan fingerprint density at radius 1 is 0.773 bits per heavy atom. The van der Waals surface area contributed by atoms with Gasteiger partial charge in [-0.2, -0.15) is 0 Å². The third kappa shape index (κ3) is 5.82. The predicted octanol–water partition coefficient (Wildman–Crippen LogP) is 8.35. The molecule has 0 unspecified atom stereocenters. The lowest BCUT2D eigenvalue weighted by Gasteiger charge is -2.05. The fraction of sp³-hybridized carbons (Fsp3) is 0.0312. The topological polar surface area (TPSA) is 127 Å². The second-order valence-corrected chi connectivity index (χ2v) is 13.2. The van der Waals surface area contributed by atoms with E-state index in [4.69, 9.17) is 8.83 Å². The summed E-state index contributed by atoms with van der Waals surface area (Å²) in [6, 6.07) is 23.6. The molecular formula is C32H19BrN4O5S2. The van der Waals surface area contributed by atoms with Crippen molar-refractivity contribution < 1.29 is 18.4 Å². The van der Waals surface area contributed by atoms with E-state index in [1.807, 2.05) is 48.5 Å². The summed E-state index contributed by atoms with van der Waals surface area (Å²) in [5.41, 5.74) is 3.58. The quantitative estimate of drug-likeness (QED) is 0.128. The number of ketones is 1. The van der Waals surface area contributed by atoms with E-state index < -0.39 is 11.7 Å². The number of amides is 2. The Morgan fingerprint density at radius 2 is 1.43 bits per heavy atom. The number of thiazole rings is 2. The van der Waals surface area contributed by atoms with Gasteiger partial charge in [0.15, 0.2) is 16.0 Å². The van der Waals surface area contributed by atoms with Crippen LogP contribution in [0.2, 0.25) is 0 Å². The van der Waals surface area contributed by atoms with Crippen LogP contribution in [0.5, 0.6) is 0 Å². The third-order valence-electron chi connectivity index (χ3n) is 6.73. The van der Waals surface area contributed by atoms with Crippen LogP contribution in [0.3, 0.4) is 0 Å². The molecule has 12 heteroatoms. The number of halogens is 1. The first-order valence-corrected chi connectivity index (χ1v) is 15.6. The number of nitrogens with zero attached hydrogens (tertiary/aromatic N) is 2. The second-order valence-electron chi connectivity index (χ2n) is 9.75. The van der Waals surface area contributed by atoms with E-state index in [0.717, 1.165) is 37.0 Å². The molecule has 0 aliphatic carbocycles. The molecule has 0 saturated heterocycles. The van der Waals surface area contributed by atoms with Crippen LogP contribution in [0, 0.1) is 0 Å². The molecule has 44 heavy (non-hydrogen) atoms. The molecule has 7 aromatic rings. The maximum Gasteiger partial charge on any atom is 0.345 e. The molecule has 0 aliphatic rings. The lowest BCUT2D eigenvalue weighted by atomic mass is 10.0. The van der Waals surface area contributed by atoms with Gasteiger partial charge in [0, 0.05) is 22.5 Å². The zero-order valence-electron chi connectivity index (χ0n) is 22.5. The van der Waals surface area contributed by atoms with Crippen LogP contribution >= 0.6 is 38.6 Å². The van der Waals surface area contributed by atoms with Crippen LogP contribution < -0.4 is 16.3 Å². The van der Waals surface area contributed by atoms with Gasteiger partial charge in [-0.1, -0.05) is 65.1 Å². The molecule has 216 valence electrons. The van der Waals surface area contributed by atoms with Gasteiger partial charge in [0.25, 0.3) is 0 Å². The average Bonchev–Trinajstić information content (AvgIpc) is 3.77. The maximum absolute atomic E-state index is 12.8. The molecule has 2 amide bonds. The van der Waals surface area contributed by atoms with E-state index in [2.05, 4.69) is 36.5 Å². The van der Waals surface area contributed by atoms with Crippen LogP contribution in [-0.2, 0) is 6.42 Å². The lowest BCUT2D eigenvalue weighted by molar-refractivity contribution is 0.101. The van der Waals surface area contributed by atoms with Crippen LogP contribution in [0.4, 0.5) is 15.1 Å². The highest BCUT2D eigenvalue weighted by atomic mass is 79.9. The predicted molar refractivity (Wildman–Crippen MR) is 175 cm³/mol. The molecule has 3 aromatic carbocycles. The van der Waals surface area contributed by atoms with Gasteiger partial charge in [0.05, 0.1) is 20.4 Å². The van der Waals surface area contributed by atoms with Crippen LogP contribution in [0.1, 0.15) is 27.2 Å². The molecule has 0 fully saturated rings. The number of carbonyl (C=O) groups excluding carboxylic acids is 2. The number of hydrogen-bond donors (Lipinski definition) is 2. The number of urea groups is 1. The normalized spacial score (nSPS) is 11.2. The molecule has 0 saturated carbocycles. The van der Waals surface area contributed by atoms with Crippen molar-refractivity contribution in [2.75, 3.05) is 10.6 Å². The molecular weight excluding hydrogens is 664 g/mol. The molecule has 0 atom stereocenters. The highest BCUT2D eigenvalue weighted by molar-refractivity contribution is 9.11. The third-order valence-corrected chi connectivity index (χ3v) is 9.07. The molecule has 7 rings (SSSR count). The summed E-state index contributed by atoms with van der Waals surface area (Å²) in [4.78, 5) is 46.8. The van der Waals surface area contributed by atoms with Crippen molar-refractivity contribution in [3.05, 3.63) is 128 Å². The molecule has 0 spiro atoms. The number of benzene rings is 3. The van der Waals surface area contributed by atoms with E-state index in [1.165, 1.54) is 17.5 Å². The number of anilines is 2. The minimum atomic E-state index is -0.496. The standard InChI is InChI=1S/C32H19BrN4O5S2/c33-27-16-35-32(44-27)37-30(40)36-31-34-15-26(43-31)22-13-20-11-17(7-9-24(20)42-29(22)39)10-18-6-8-23-21(12-18)14-25(41-23)28(38)19-4-2-1-3-5-19/h1-9,11-16H,10H2,(H2,34,35,36,37,40). The van der Waals surface area contributed by atoms with Gasteiger partial charge in [-0.05, 0) is 69.9 Å². The summed E-state index contributed by atoms with van der Waals surface area (Å²) in [6.45, 7) is 0. The molecule has 0 aliphatic heterocycles. The second kappa shape index (κ2) is 11.6. The molecule has 0 radical (unpaired) electrons. The van der Waals surface area contributed by atoms with Crippen molar-refractivity contribution in [3.63, 3.8) is 0 Å². The Morgan fingerprint density at radius 3 is 2.14 bits per heavy atom. The summed E-state index contributed by atoms with van der Waals surface area (Å²) in [5.74, 6) is 0.137. The fourth-order valence-electron chi connectivity index (χ4n) is 4.73. The molecule has 4 heterocycles. The maximum atomic E-state index is 12.8. The molecule has 4 aromatic heterocycles. The number of fused-ring (bicyclic) bond motifs is 2. The number of furan rings is 1. The summed E-state index contributed by atoms with van der Waals surface area (Å²) >= 11 is 5.75. The van der Waals surface area contributed by atoms with Gasteiger partial charge in [0.2, 0.25) is 5.78 Å². The first kappa shape index (κ1) is 27.9. The highest BCUT2D eigenvalue weighted by Crippen LogP contribution is 2.30. The number of nitrogens with one attached hydrogen (secondary N) is 2. The van der Waals surface area contributed by atoms with Gasteiger partial charge < -0.3 is 8.83 Å². The summed E-state index contributed by atoms with van der Waals surface area (Å²) in [6.07, 6.45) is 3.74.